The van der Waals surface area contributed by atoms with Gasteiger partial charge in [0, 0.05) is 30.3 Å². The lowest BCUT2D eigenvalue weighted by Gasteiger charge is -2.33. The van der Waals surface area contributed by atoms with Crippen molar-refractivity contribution in [3.05, 3.63) is 70.8 Å². The molecule has 2 aromatic carbocycles. The molecule has 0 saturated carbocycles. The molecule has 1 fully saturated rings. The molecule has 1 saturated heterocycles. The van der Waals surface area contributed by atoms with E-state index in [1.165, 1.54) is 0 Å². The number of phenolic OH excluding ortho intramolecular Hbond substituents is 1. The minimum Gasteiger partial charge on any atom is -0.507 e. The van der Waals surface area contributed by atoms with Crippen LogP contribution in [0.15, 0.2) is 48.5 Å². The SMILES string of the molecule is CCOC(=O)CCN1CCC[C@@H](Nc2nnc(-c3ccc(C(F)(F)F)cc3O)c(C)c2CNC(=O)OCc2ccccc2)C1. The van der Waals surface area contributed by atoms with Gasteiger partial charge < -0.3 is 30.1 Å². The van der Waals surface area contributed by atoms with E-state index in [0.717, 1.165) is 37.1 Å². The third kappa shape index (κ3) is 8.82. The molecule has 0 aliphatic carbocycles. The van der Waals surface area contributed by atoms with Crippen LogP contribution < -0.4 is 10.6 Å². The lowest BCUT2D eigenvalue weighted by Crippen LogP contribution is -2.43. The molecular weight excluding hydrogens is 579 g/mol. The van der Waals surface area contributed by atoms with Crippen molar-refractivity contribution in [2.75, 3.05) is 31.6 Å². The van der Waals surface area contributed by atoms with Gasteiger partial charge in [0.05, 0.1) is 25.1 Å². The molecule has 10 nitrogen and oxygen atoms in total. The Morgan fingerprint density at radius 1 is 1.11 bits per heavy atom. The third-order valence-electron chi connectivity index (χ3n) is 7.33. The number of nitrogens with one attached hydrogen (secondary N) is 2. The van der Waals surface area contributed by atoms with E-state index in [9.17, 15) is 27.9 Å². The molecule has 1 aliphatic heterocycles. The second-order valence-corrected chi connectivity index (χ2v) is 10.5. The standard InChI is InChI=1S/C31H36F3N5O5/c1-3-43-27(41)13-15-39-14-7-10-23(18-39)36-29-25(17-35-30(42)44-19-21-8-5-4-6-9-21)20(2)28(37-38-29)24-12-11-22(16-26(24)40)31(32,33)34/h4-6,8-9,11-12,16,23,40H,3,7,10,13-15,17-19H2,1-2H3,(H,35,42)(H,36,38)/t23-/m1/s1. The van der Waals surface area contributed by atoms with Crippen molar-refractivity contribution >= 4 is 17.9 Å². The van der Waals surface area contributed by atoms with Crippen molar-refractivity contribution in [1.82, 2.24) is 20.4 Å². The Bertz CT molecular complexity index is 1440. The number of carbonyl (C=O) groups excluding carboxylic acids is 2. The number of ether oxygens (including phenoxy) is 2. The Labute approximate surface area is 253 Å². The van der Waals surface area contributed by atoms with Gasteiger partial charge in [-0.05, 0) is 62.6 Å². The van der Waals surface area contributed by atoms with E-state index >= 15 is 0 Å². The van der Waals surface area contributed by atoms with Crippen LogP contribution in [0.3, 0.4) is 0 Å². The third-order valence-corrected chi connectivity index (χ3v) is 7.33. The van der Waals surface area contributed by atoms with Gasteiger partial charge in [0.15, 0.2) is 5.82 Å². The maximum Gasteiger partial charge on any atom is 0.416 e. The second kappa shape index (κ2) is 14.9. The van der Waals surface area contributed by atoms with Gasteiger partial charge in [-0.1, -0.05) is 30.3 Å². The monoisotopic (exact) mass is 615 g/mol. The number of phenols is 1. The molecule has 3 N–H and O–H groups in total. The minimum absolute atomic E-state index is 0.0228. The fourth-order valence-electron chi connectivity index (χ4n) is 5.04. The van der Waals surface area contributed by atoms with Crippen molar-refractivity contribution in [3.63, 3.8) is 0 Å². The molecule has 0 unspecified atom stereocenters. The number of alkyl halides is 3. The number of hydrogen-bond acceptors (Lipinski definition) is 9. The predicted molar refractivity (Wildman–Crippen MR) is 157 cm³/mol. The highest BCUT2D eigenvalue weighted by Crippen LogP contribution is 2.38. The lowest BCUT2D eigenvalue weighted by molar-refractivity contribution is -0.143. The molecule has 2 heterocycles. The molecule has 0 radical (unpaired) electrons. The van der Waals surface area contributed by atoms with Crippen molar-refractivity contribution in [3.8, 4) is 17.0 Å². The molecule has 1 aliphatic rings. The van der Waals surface area contributed by atoms with Gasteiger partial charge in [-0.2, -0.15) is 13.2 Å². The number of rotatable bonds is 11. The van der Waals surface area contributed by atoms with E-state index in [2.05, 4.69) is 25.7 Å². The molecule has 0 spiro atoms. The number of piperidine rings is 1. The number of alkyl carbamates (subject to hydrolysis) is 1. The van der Waals surface area contributed by atoms with E-state index in [1.807, 2.05) is 30.3 Å². The summed E-state index contributed by atoms with van der Waals surface area (Å²) in [5.74, 6) is -0.458. The summed E-state index contributed by atoms with van der Waals surface area (Å²) < 4.78 is 50.0. The number of anilines is 1. The molecule has 3 aromatic rings. The van der Waals surface area contributed by atoms with E-state index in [1.54, 1.807) is 13.8 Å². The van der Waals surface area contributed by atoms with E-state index in [4.69, 9.17) is 9.47 Å². The van der Waals surface area contributed by atoms with Crippen molar-refractivity contribution in [2.24, 2.45) is 0 Å². The molecule has 1 aromatic heterocycles. The number of aromatic nitrogens is 2. The predicted octanol–water partition coefficient (Wildman–Crippen LogP) is 5.43. The minimum atomic E-state index is -4.62. The lowest BCUT2D eigenvalue weighted by atomic mass is 9.99. The fourth-order valence-corrected chi connectivity index (χ4v) is 5.04. The quantitative estimate of drug-likeness (QED) is 0.242. The van der Waals surface area contributed by atoms with Gasteiger partial charge in [-0.3, -0.25) is 4.79 Å². The largest absolute Gasteiger partial charge is 0.507 e. The number of esters is 1. The summed E-state index contributed by atoms with van der Waals surface area (Å²) in [7, 11) is 0. The normalized spacial score (nSPS) is 15.4. The van der Waals surface area contributed by atoms with Crippen LogP contribution in [0.2, 0.25) is 0 Å². The number of benzene rings is 2. The number of hydrogen-bond donors (Lipinski definition) is 3. The molecule has 44 heavy (non-hydrogen) atoms. The number of halogens is 3. The topological polar surface area (TPSA) is 126 Å². The summed E-state index contributed by atoms with van der Waals surface area (Å²) in [6, 6.07) is 11.8. The average Bonchev–Trinajstić information content (AvgIpc) is 2.99. The Morgan fingerprint density at radius 2 is 1.89 bits per heavy atom. The maximum atomic E-state index is 13.2. The Morgan fingerprint density at radius 3 is 2.59 bits per heavy atom. The fraction of sp³-hybridized carbons (Fsp3) is 0.419. The molecule has 1 atom stereocenters. The summed E-state index contributed by atoms with van der Waals surface area (Å²) in [5, 5.41) is 25.2. The molecule has 1 amide bonds. The average molecular weight is 616 g/mol. The van der Waals surface area contributed by atoms with Crippen molar-refractivity contribution in [2.45, 2.75) is 58.5 Å². The first-order valence-electron chi connectivity index (χ1n) is 14.4. The highest BCUT2D eigenvalue weighted by molar-refractivity contribution is 5.73. The van der Waals surface area contributed by atoms with Gasteiger partial charge in [-0.25, -0.2) is 4.79 Å². The zero-order valence-corrected chi connectivity index (χ0v) is 24.6. The zero-order valence-electron chi connectivity index (χ0n) is 24.6. The number of amides is 1. The van der Waals surface area contributed by atoms with E-state index in [-0.39, 0.29) is 42.8 Å². The van der Waals surface area contributed by atoms with Crippen LogP contribution in [0.1, 0.15) is 48.4 Å². The van der Waals surface area contributed by atoms with E-state index in [0.29, 0.717) is 42.7 Å². The van der Waals surface area contributed by atoms with Crippen LogP contribution >= 0.6 is 0 Å². The number of nitrogens with zero attached hydrogens (tertiary/aromatic N) is 3. The summed E-state index contributed by atoms with van der Waals surface area (Å²) >= 11 is 0. The van der Waals surface area contributed by atoms with Crippen LogP contribution in [0, 0.1) is 6.92 Å². The summed E-state index contributed by atoms with van der Waals surface area (Å²) in [6.45, 7) is 5.86. The van der Waals surface area contributed by atoms with Gasteiger partial charge in [0.2, 0.25) is 0 Å². The molecular formula is C31H36F3N5O5. The van der Waals surface area contributed by atoms with E-state index < -0.39 is 23.6 Å². The molecule has 0 bridgehead atoms. The summed E-state index contributed by atoms with van der Waals surface area (Å²) in [5.41, 5.74) is 1.12. The zero-order chi connectivity index (χ0) is 31.7. The van der Waals surface area contributed by atoms with Crippen LogP contribution in [0.4, 0.5) is 23.8 Å². The van der Waals surface area contributed by atoms with Crippen molar-refractivity contribution in [1.29, 1.82) is 0 Å². The Balaban J connectivity index is 1.54. The molecule has 13 heteroatoms. The van der Waals surface area contributed by atoms with Gasteiger partial charge in [0.25, 0.3) is 0 Å². The maximum absolute atomic E-state index is 13.2. The number of aromatic hydroxyl groups is 1. The molecule has 236 valence electrons. The first-order valence-corrected chi connectivity index (χ1v) is 14.4. The number of likely N-dealkylation sites (tertiary alicyclic amines) is 1. The van der Waals surface area contributed by atoms with Gasteiger partial charge in [-0.15, -0.1) is 10.2 Å². The van der Waals surface area contributed by atoms with Crippen LogP contribution in [-0.4, -0.2) is 64.5 Å². The second-order valence-electron chi connectivity index (χ2n) is 10.5. The summed E-state index contributed by atoms with van der Waals surface area (Å²) in [6.07, 6.45) is -3.30. The first kappa shape index (κ1) is 32.5. The number of carbonyl (C=O) groups is 2. The highest BCUT2D eigenvalue weighted by Gasteiger charge is 2.32. The first-order chi connectivity index (χ1) is 21.0. The van der Waals surface area contributed by atoms with Crippen LogP contribution in [0.25, 0.3) is 11.3 Å². The molecule has 4 rings (SSSR count). The van der Waals surface area contributed by atoms with Crippen LogP contribution in [-0.2, 0) is 33.6 Å². The van der Waals surface area contributed by atoms with Gasteiger partial charge >= 0.3 is 18.2 Å². The van der Waals surface area contributed by atoms with Crippen molar-refractivity contribution < 1.29 is 37.3 Å². The highest BCUT2D eigenvalue weighted by atomic mass is 19.4. The Hall–Kier alpha value is -4.39. The smallest absolute Gasteiger partial charge is 0.416 e. The van der Waals surface area contributed by atoms with Gasteiger partial charge in [0.1, 0.15) is 18.1 Å². The Kier molecular flexibility index (Phi) is 11.0. The summed E-state index contributed by atoms with van der Waals surface area (Å²) in [4.78, 5) is 26.6. The van der Waals surface area contributed by atoms with Crippen LogP contribution in [0.5, 0.6) is 5.75 Å².